The Kier molecular flexibility index (Phi) is 6.02. The number of fused-ring (bicyclic) bond motifs is 1. The van der Waals surface area contributed by atoms with Crippen molar-refractivity contribution in [3.63, 3.8) is 0 Å². The number of benzene rings is 2. The van der Waals surface area contributed by atoms with E-state index in [9.17, 15) is 9.59 Å². The van der Waals surface area contributed by atoms with Crippen molar-refractivity contribution in [2.24, 2.45) is 5.92 Å². The summed E-state index contributed by atoms with van der Waals surface area (Å²) in [6.07, 6.45) is 7.36. The maximum atomic E-state index is 13.2. The van der Waals surface area contributed by atoms with Crippen LogP contribution in [0.25, 0.3) is 10.8 Å². The quantitative estimate of drug-likeness (QED) is 0.459. The Morgan fingerprint density at radius 3 is 2.52 bits per heavy atom. The second-order valence-corrected chi connectivity index (χ2v) is 8.78. The van der Waals surface area contributed by atoms with Gasteiger partial charge in [-0.3, -0.25) is 14.7 Å². The Hall–Kier alpha value is -3.74. The van der Waals surface area contributed by atoms with Gasteiger partial charge in [0.15, 0.2) is 11.5 Å². The van der Waals surface area contributed by atoms with E-state index in [1.54, 1.807) is 24.3 Å². The number of amides is 1. The minimum atomic E-state index is -0.385. The summed E-state index contributed by atoms with van der Waals surface area (Å²) in [5.41, 5.74) is 1.95. The fourth-order valence-corrected chi connectivity index (χ4v) is 4.67. The normalized spacial score (nSPS) is 14.4. The van der Waals surface area contributed by atoms with Gasteiger partial charge in [-0.1, -0.05) is 80.6 Å². The summed E-state index contributed by atoms with van der Waals surface area (Å²) in [5, 5.41) is 15.6. The van der Waals surface area contributed by atoms with Gasteiger partial charge in [0.05, 0.1) is 11.9 Å². The van der Waals surface area contributed by atoms with E-state index in [2.05, 4.69) is 20.6 Å². The predicted molar refractivity (Wildman–Crippen MR) is 128 cm³/mol. The van der Waals surface area contributed by atoms with Gasteiger partial charge in [0, 0.05) is 17.1 Å². The molecule has 1 amide bonds. The summed E-state index contributed by atoms with van der Waals surface area (Å²) in [5.74, 6) is 0.760. The van der Waals surface area contributed by atoms with Gasteiger partial charge in [-0.25, -0.2) is 4.68 Å². The van der Waals surface area contributed by atoms with Crippen molar-refractivity contribution >= 4 is 22.5 Å². The van der Waals surface area contributed by atoms with Gasteiger partial charge in [-0.05, 0) is 24.0 Å². The third-order valence-electron chi connectivity index (χ3n) is 6.36. The van der Waals surface area contributed by atoms with Gasteiger partial charge in [-0.15, -0.1) is 0 Å². The van der Waals surface area contributed by atoms with E-state index >= 15 is 0 Å². The van der Waals surface area contributed by atoms with Gasteiger partial charge in [-0.2, -0.15) is 10.2 Å². The summed E-state index contributed by atoms with van der Waals surface area (Å²) < 4.78 is 1.35. The monoisotopic (exact) mass is 441 g/mol. The SMILES string of the molecule is O=C(Nc1cc(CC2CCCCC2)[nH]n1)c1nn(Cc2ccccc2)c(=O)c2ccccc12. The summed E-state index contributed by atoms with van der Waals surface area (Å²) in [7, 11) is 0. The van der Waals surface area contributed by atoms with Crippen molar-refractivity contribution in [2.75, 3.05) is 5.32 Å². The van der Waals surface area contributed by atoms with Crippen molar-refractivity contribution < 1.29 is 4.79 Å². The lowest BCUT2D eigenvalue weighted by Crippen LogP contribution is -2.28. The van der Waals surface area contributed by atoms with Gasteiger partial charge in [0.2, 0.25) is 0 Å². The summed E-state index contributed by atoms with van der Waals surface area (Å²) >= 11 is 0. The van der Waals surface area contributed by atoms with Gasteiger partial charge in [0.25, 0.3) is 11.5 Å². The first kappa shape index (κ1) is 21.1. The Morgan fingerprint density at radius 1 is 1.00 bits per heavy atom. The zero-order valence-corrected chi connectivity index (χ0v) is 18.5. The molecule has 2 aromatic heterocycles. The first-order valence-corrected chi connectivity index (χ1v) is 11.6. The second-order valence-electron chi connectivity index (χ2n) is 8.78. The zero-order chi connectivity index (χ0) is 22.6. The van der Waals surface area contributed by atoms with Crippen molar-refractivity contribution in [1.29, 1.82) is 0 Å². The second kappa shape index (κ2) is 9.40. The molecular weight excluding hydrogens is 414 g/mol. The van der Waals surface area contributed by atoms with Crippen molar-refractivity contribution in [2.45, 2.75) is 45.1 Å². The minimum absolute atomic E-state index is 0.206. The van der Waals surface area contributed by atoms with Crippen LogP contribution in [0.15, 0.2) is 65.5 Å². The predicted octanol–water partition coefficient (Wildman–Crippen LogP) is 4.54. The van der Waals surface area contributed by atoms with Crippen LogP contribution in [0.5, 0.6) is 0 Å². The van der Waals surface area contributed by atoms with Crippen LogP contribution in [-0.2, 0) is 13.0 Å². The third-order valence-corrected chi connectivity index (χ3v) is 6.36. The van der Waals surface area contributed by atoms with Gasteiger partial charge in [0.1, 0.15) is 0 Å². The highest BCUT2D eigenvalue weighted by atomic mass is 16.2. The van der Waals surface area contributed by atoms with E-state index in [1.807, 2.05) is 36.4 Å². The molecular formula is C26H27N5O2. The molecule has 2 aromatic carbocycles. The molecule has 33 heavy (non-hydrogen) atoms. The van der Waals surface area contributed by atoms with Gasteiger partial charge < -0.3 is 5.32 Å². The smallest absolute Gasteiger partial charge is 0.277 e. The molecule has 1 aliphatic rings. The van der Waals surface area contributed by atoms with Crippen molar-refractivity contribution in [3.05, 3.63) is 88.0 Å². The lowest BCUT2D eigenvalue weighted by molar-refractivity contribution is 0.102. The molecule has 0 spiro atoms. The number of nitrogens with one attached hydrogen (secondary N) is 2. The number of H-pyrrole nitrogens is 1. The molecule has 0 bridgehead atoms. The highest BCUT2D eigenvalue weighted by Gasteiger charge is 2.19. The molecule has 1 saturated carbocycles. The lowest BCUT2D eigenvalue weighted by atomic mass is 9.86. The molecule has 0 unspecified atom stereocenters. The molecule has 1 aliphatic carbocycles. The molecule has 1 fully saturated rings. The van der Waals surface area contributed by atoms with Crippen LogP contribution in [0.2, 0.25) is 0 Å². The summed E-state index contributed by atoms with van der Waals surface area (Å²) in [6.45, 7) is 0.290. The van der Waals surface area contributed by atoms with Crippen LogP contribution in [0, 0.1) is 5.92 Å². The zero-order valence-electron chi connectivity index (χ0n) is 18.5. The highest BCUT2D eigenvalue weighted by molar-refractivity contribution is 6.10. The fraction of sp³-hybridized carbons (Fsp3) is 0.308. The Balaban J connectivity index is 1.41. The number of nitrogens with zero attached hydrogens (tertiary/aromatic N) is 3. The summed E-state index contributed by atoms with van der Waals surface area (Å²) in [4.78, 5) is 26.2. The molecule has 0 saturated heterocycles. The molecule has 0 aliphatic heterocycles. The van der Waals surface area contributed by atoms with Crippen LogP contribution < -0.4 is 10.9 Å². The Bertz CT molecular complexity index is 1320. The van der Waals surface area contributed by atoms with E-state index in [4.69, 9.17) is 0 Å². The fourth-order valence-electron chi connectivity index (χ4n) is 4.67. The molecule has 7 nitrogen and oxygen atoms in total. The number of hydrogen-bond donors (Lipinski definition) is 2. The molecule has 4 aromatic rings. The topological polar surface area (TPSA) is 92.7 Å². The largest absolute Gasteiger partial charge is 0.304 e. The molecule has 2 heterocycles. The van der Waals surface area contributed by atoms with E-state index in [-0.39, 0.29) is 17.2 Å². The van der Waals surface area contributed by atoms with Crippen LogP contribution in [0.3, 0.4) is 0 Å². The molecule has 0 radical (unpaired) electrons. The number of anilines is 1. The molecule has 7 heteroatoms. The third kappa shape index (κ3) is 4.72. The minimum Gasteiger partial charge on any atom is -0.304 e. The molecule has 0 atom stereocenters. The average Bonchev–Trinajstić information content (AvgIpc) is 3.28. The van der Waals surface area contributed by atoms with E-state index < -0.39 is 0 Å². The van der Waals surface area contributed by atoms with E-state index in [0.717, 1.165) is 17.7 Å². The Labute approximate surface area is 191 Å². The number of rotatable bonds is 6. The van der Waals surface area contributed by atoms with Gasteiger partial charge >= 0.3 is 0 Å². The maximum Gasteiger partial charge on any atom is 0.277 e. The standard InChI is InChI=1S/C26H27N5O2/c32-25(27-23-16-20(28-29-23)15-18-9-3-1-4-10-18)24-21-13-7-8-14-22(21)26(33)31(30-24)17-19-11-5-2-6-12-19/h2,5-8,11-14,16,18H,1,3-4,9-10,15,17H2,(H2,27,28,29,32). The van der Waals surface area contributed by atoms with Crippen LogP contribution in [0.4, 0.5) is 5.82 Å². The van der Waals surface area contributed by atoms with E-state index in [0.29, 0.717) is 29.1 Å². The number of carbonyl (C=O) groups excluding carboxylic acids is 1. The van der Waals surface area contributed by atoms with Crippen molar-refractivity contribution in [3.8, 4) is 0 Å². The number of hydrogen-bond acceptors (Lipinski definition) is 4. The molecule has 2 N–H and O–H groups in total. The Morgan fingerprint density at radius 2 is 1.73 bits per heavy atom. The highest BCUT2D eigenvalue weighted by Crippen LogP contribution is 2.27. The van der Waals surface area contributed by atoms with E-state index in [1.165, 1.54) is 36.8 Å². The van der Waals surface area contributed by atoms with Crippen LogP contribution in [-0.4, -0.2) is 25.9 Å². The molecule has 168 valence electrons. The summed E-state index contributed by atoms with van der Waals surface area (Å²) in [6, 6.07) is 18.6. The first-order chi connectivity index (χ1) is 16.2. The van der Waals surface area contributed by atoms with Crippen LogP contribution >= 0.6 is 0 Å². The molecule has 5 rings (SSSR count). The van der Waals surface area contributed by atoms with Crippen LogP contribution in [0.1, 0.15) is 53.8 Å². The number of carbonyl (C=O) groups is 1. The number of aromatic nitrogens is 4. The first-order valence-electron chi connectivity index (χ1n) is 11.6. The van der Waals surface area contributed by atoms with Crippen molar-refractivity contribution in [1.82, 2.24) is 20.0 Å². The maximum absolute atomic E-state index is 13.2. The average molecular weight is 442 g/mol. The lowest BCUT2D eigenvalue weighted by Gasteiger charge is -2.20. The number of aromatic amines is 1.